The van der Waals surface area contributed by atoms with Gasteiger partial charge in [0.05, 0.1) is 23.7 Å². The van der Waals surface area contributed by atoms with E-state index in [9.17, 15) is 22.8 Å². The van der Waals surface area contributed by atoms with Crippen molar-refractivity contribution in [3.8, 4) is 0 Å². The molecule has 0 spiro atoms. The number of hydrogen-bond donors (Lipinski definition) is 4. The molecule has 1 aromatic carbocycles. The zero-order valence-electron chi connectivity index (χ0n) is 19.3. The number of H-pyrrole nitrogens is 1. The number of nitrogens with zero attached hydrogens (tertiary/aromatic N) is 1. The van der Waals surface area contributed by atoms with E-state index < -0.39 is 18.1 Å². The molecule has 192 valence electrons. The molecule has 1 aromatic heterocycles. The van der Waals surface area contributed by atoms with E-state index in [0.29, 0.717) is 35.2 Å². The number of halogens is 3. The van der Waals surface area contributed by atoms with E-state index in [1.165, 1.54) is 32.1 Å². The van der Waals surface area contributed by atoms with Crippen LogP contribution in [0, 0.1) is 11.8 Å². The number of aliphatic carboxylic acids is 1. The lowest BCUT2D eigenvalue weighted by atomic mass is 9.76. The van der Waals surface area contributed by atoms with E-state index in [4.69, 9.17) is 14.6 Å². The average molecular weight is 499 g/mol. The minimum atomic E-state index is -5.08. The van der Waals surface area contributed by atoms with E-state index in [-0.39, 0.29) is 17.8 Å². The Balaban J connectivity index is 0.000000429. The number of aromatic nitrogens is 2. The average Bonchev–Trinajstić information content (AvgIpc) is 3.47. The molecule has 1 saturated carbocycles. The lowest BCUT2D eigenvalue weighted by Gasteiger charge is -2.30. The molecule has 1 saturated heterocycles. The Morgan fingerprint density at radius 1 is 1.17 bits per heavy atom. The molecule has 0 radical (unpaired) electrons. The van der Waals surface area contributed by atoms with Crippen LogP contribution in [-0.2, 0) is 14.3 Å². The van der Waals surface area contributed by atoms with Crippen molar-refractivity contribution in [2.24, 2.45) is 11.8 Å². The quantitative estimate of drug-likeness (QED) is 0.460. The second-order valence-electron chi connectivity index (χ2n) is 8.61. The Bertz CT molecular complexity index is 1050. The number of anilines is 1. The first-order chi connectivity index (χ1) is 16.6. The van der Waals surface area contributed by atoms with Gasteiger partial charge in [-0.15, -0.1) is 0 Å². The number of nitrogens with one attached hydrogen (secondary N) is 3. The minimum Gasteiger partial charge on any atom is -0.475 e. The molecule has 1 aliphatic heterocycles. The summed E-state index contributed by atoms with van der Waals surface area (Å²) in [7, 11) is 0. The van der Waals surface area contributed by atoms with Crippen molar-refractivity contribution < 1.29 is 37.4 Å². The summed E-state index contributed by atoms with van der Waals surface area (Å²) in [6.07, 6.45) is 2.38. The molecule has 2 fully saturated rings. The van der Waals surface area contributed by atoms with Crippen LogP contribution in [0.25, 0.3) is 11.0 Å². The Labute approximate surface area is 199 Å². The van der Waals surface area contributed by atoms with Crippen LogP contribution in [0.3, 0.4) is 0 Å². The van der Waals surface area contributed by atoms with Crippen molar-refractivity contribution in [2.45, 2.75) is 57.7 Å². The molecule has 2 aromatic rings. The SMILES string of the molecule is CCOC(=O)c1nc2ccc(NC(=O)[C@H]3NCC[C@H]3C3CCCCC3)cc2[nH]1.O=C(O)C(F)(F)F. The van der Waals surface area contributed by atoms with Gasteiger partial charge in [0.2, 0.25) is 11.7 Å². The Hall–Kier alpha value is -3.15. The van der Waals surface area contributed by atoms with Gasteiger partial charge in [-0.2, -0.15) is 13.2 Å². The summed E-state index contributed by atoms with van der Waals surface area (Å²) in [5.41, 5.74) is 2.07. The summed E-state index contributed by atoms with van der Waals surface area (Å²) in [6, 6.07) is 5.30. The number of hydrogen-bond acceptors (Lipinski definition) is 6. The standard InChI is InChI=1S/C21H28N4O3.C2HF3O2/c1-2-28-21(27)19-24-16-9-8-14(12-17(16)25-19)23-20(26)18-15(10-11-22-18)13-6-4-3-5-7-13;3-2(4,5)1(6)7/h8-9,12-13,15,18,22H,2-7,10-11H2,1H3,(H,23,26)(H,24,25);(H,6,7)/t15-,18-;/m0./s1. The number of carbonyl (C=O) groups is 3. The number of carbonyl (C=O) groups excluding carboxylic acids is 2. The highest BCUT2D eigenvalue weighted by Gasteiger charge is 2.39. The Morgan fingerprint density at radius 3 is 2.49 bits per heavy atom. The Kier molecular flexibility index (Phi) is 8.71. The second-order valence-corrected chi connectivity index (χ2v) is 8.61. The number of esters is 1. The number of rotatable bonds is 5. The fraction of sp³-hybridized carbons (Fsp3) is 0.565. The first-order valence-electron chi connectivity index (χ1n) is 11.6. The summed E-state index contributed by atoms with van der Waals surface area (Å²) in [5, 5.41) is 13.6. The lowest BCUT2D eigenvalue weighted by Crippen LogP contribution is -2.42. The van der Waals surface area contributed by atoms with Gasteiger partial charge in [-0.3, -0.25) is 4.79 Å². The number of alkyl halides is 3. The minimum absolute atomic E-state index is 0.0255. The lowest BCUT2D eigenvalue weighted by molar-refractivity contribution is -0.192. The fourth-order valence-electron chi connectivity index (χ4n) is 4.68. The van der Waals surface area contributed by atoms with Crippen LogP contribution < -0.4 is 10.6 Å². The number of fused-ring (bicyclic) bond motifs is 1. The first-order valence-corrected chi connectivity index (χ1v) is 11.6. The number of carboxylic acid groups (broad SMARTS) is 1. The van der Waals surface area contributed by atoms with Gasteiger partial charge in [0.1, 0.15) is 0 Å². The van der Waals surface area contributed by atoms with Gasteiger partial charge in [0.15, 0.2) is 0 Å². The van der Waals surface area contributed by atoms with Crippen molar-refractivity contribution in [3.05, 3.63) is 24.0 Å². The first kappa shape index (κ1) is 26.5. The maximum Gasteiger partial charge on any atom is 0.490 e. The highest BCUT2D eigenvalue weighted by atomic mass is 19.4. The molecule has 0 unspecified atom stereocenters. The van der Waals surface area contributed by atoms with Gasteiger partial charge in [-0.25, -0.2) is 14.6 Å². The number of benzene rings is 1. The predicted octanol–water partition coefficient (Wildman–Crippen LogP) is 3.87. The maximum atomic E-state index is 12.9. The molecule has 4 N–H and O–H groups in total. The largest absolute Gasteiger partial charge is 0.490 e. The van der Waals surface area contributed by atoms with E-state index in [1.54, 1.807) is 13.0 Å². The topological polar surface area (TPSA) is 133 Å². The molecule has 1 aliphatic carbocycles. The zero-order chi connectivity index (χ0) is 25.6. The van der Waals surface area contributed by atoms with Gasteiger partial charge in [-0.05, 0) is 49.9 Å². The Morgan fingerprint density at radius 2 is 1.86 bits per heavy atom. The molecule has 35 heavy (non-hydrogen) atoms. The molecule has 0 bridgehead atoms. The van der Waals surface area contributed by atoms with Gasteiger partial charge < -0.3 is 25.5 Å². The van der Waals surface area contributed by atoms with Crippen LogP contribution in [0.2, 0.25) is 0 Å². The number of aromatic amines is 1. The van der Waals surface area contributed by atoms with Crippen LogP contribution in [0.5, 0.6) is 0 Å². The van der Waals surface area contributed by atoms with Crippen molar-refractivity contribution in [1.82, 2.24) is 15.3 Å². The highest BCUT2D eigenvalue weighted by Crippen LogP contribution is 2.36. The third-order valence-corrected chi connectivity index (χ3v) is 6.27. The number of carboxylic acids is 1. The van der Waals surface area contributed by atoms with Crippen LogP contribution in [-0.4, -0.2) is 58.3 Å². The van der Waals surface area contributed by atoms with Gasteiger partial charge >= 0.3 is 18.1 Å². The molecular formula is C23H29F3N4O5. The third-order valence-electron chi connectivity index (χ3n) is 6.27. The molecule has 12 heteroatoms. The fourth-order valence-corrected chi connectivity index (χ4v) is 4.68. The molecular weight excluding hydrogens is 469 g/mol. The van der Waals surface area contributed by atoms with Crippen LogP contribution >= 0.6 is 0 Å². The van der Waals surface area contributed by atoms with Gasteiger partial charge in [-0.1, -0.05) is 32.1 Å². The monoisotopic (exact) mass is 498 g/mol. The van der Waals surface area contributed by atoms with E-state index in [2.05, 4.69) is 20.6 Å². The summed E-state index contributed by atoms with van der Waals surface area (Å²) >= 11 is 0. The van der Waals surface area contributed by atoms with E-state index >= 15 is 0 Å². The molecule has 9 nitrogen and oxygen atoms in total. The summed E-state index contributed by atoms with van der Waals surface area (Å²) in [6.45, 7) is 2.96. The number of amides is 1. The van der Waals surface area contributed by atoms with E-state index in [0.717, 1.165) is 13.0 Å². The van der Waals surface area contributed by atoms with Crippen molar-refractivity contribution in [2.75, 3.05) is 18.5 Å². The van der Waals surface area contributed by atoms with E-state index in [1.807, 2.05) is 12.1 Å². The molecule has 4 rings (SSSR count). The van der Waals surface area contributed by atoms with Crippen LogP contribution in [0.1, 0.15) is 56.1 Å². The summed E-state index contributed by atoms with van der Waals surface area (Å²) in [5.74, 6) is -1.96. The number of imidazole rings is 1. The van der Waals surface area contributed by atoms with Gasteiger partial charge in [0.25, 0.3) is 0 Å². The van der Waals surface area contributed by atoms with Crippen molar-refractivity contribution in [1.29, 1.82) is 0 Å². The molecule has 2 heterocycles. The summed E-state index contributed by atoms with van der Waals surface area (Å²) in [4.78, 5) is 40.9. The highest BCUT2D eigenvalue weighted by molar-refractivity contribution is 5.97. The normalized spacial score (nSPS) is 20.7. The third kappa shape index (κ3) is 6.93. The van der Waals surface area contributed by atoms with Crippen LogP contribution in [0.4, 0.5) is 18.9 Å². The van der Waals surface area contributed by atoms with Crippen molar-refractivity contribution >= 4 is 34.6 Å². The molecule has 1 amide bonds. The molecule has 2 atom stereocenters. The molecule has 2 aliphatic rings. The van der Waals surface area contributed by atoms with Gasteiger partial charge in [0, 0.05) is 5.69 Å². The maximum absolute atomic E-state index is 12.9. The predicted molar refractivity (Wildman–Crippen MR) is 121 cm³/mol. The number of ether oxygens (including phenoxy) is 1. The second kappa shape index (κ2) is 11.5. The van der Waals surface area contributed by atoms with Crippen molar-refractivity contribution in [3.63, 3.8) is 0 Å². The van der Waals surface area contributed by atoms with Crippen LogP contribution in [0.15, 0.2) is 18.2 Å². The zero-order valence-corrected chi connectivity index (χ0v) is 19.3. The smallest absolute Gasteiger partial charge is 0.475 e. The summed E-state index contributed by atoms with van der Waals surface area (Å²) < 4.78 is 36.7.